The van der Waals surface area contributed by atoms with Crippen LogP contribution in [0.3, 0.4) is 0 Å². The summed E-state index contributed by atoms with van der Waals surface area (Å²) >= 11 is 0. The van der Waals surface area contributed by atoms with E-state index in [-0.39, 0.29) is 17.8 Å². The molecule has 2 aromatic rings. The third-order valence-electron chi connectivity index (χ3n) is 4.98. The molecule has 1 heterocycles. The average Bonchev–Trinajstić information content (AvgIpc) is 3.35. The number of nitrogens with zero attached hydrogens (tertiary/aromatic N) is 4. The molecule has 5 heteroatoms. The number of benzene rings is 1. The van der Waals surface area contributed by atoms with Gasteiger partial charge in [-0.2, -0.15) is 0 Å². The van der Waals surface area contributed by atoms with Gasteiger partial charge in [-0.3, -0.25) is 4.79 Å². The number of rotatable bonds is 5. The molecule has 1 fully saturated rings. The first-order valence-electron chi connectivity index (χ1n) is 8.70. The molecule has 1 aromatic carbocycles. The van der Waals surface area contributed by atoms with Crippen LogP contribution in [0, 0.1) is 12.8 Å². The van der Waals surface area contributed by atoms with Gasteiger partial charge in [-0.1, -0.05) is 32.0 Å². The second-order valence-electron chi connectivity index (χ2n) is 7.10. The normalized spacial score (nSPS) is 15.6. The number of hydrogen-bond donors (Lipinski definition) is 0. The molecule has 128 valence electrons. The molecule has 0 radical (unpaired) electrons. The van der Waals surface area contributed by atoms with Crippen LogP contribution in [0.15, 0.2) is 24.3 Å². The first-order chi connectivity index (χ1) is 11.4. The Morgan fingerprint density at radius 2 is 1.92 bits per heavy atom. The van der Waals surface area contributed by atoms with Gasteiger partial charge in [-0.15, -0.1) is 5.10 Å². The molecule has 0 aliphatic heterocycles. The molecule has 0 unspecified atom stereocenters. The van der Waals surface area contributed by atoms with Gasteiger partial charge in [-0.05, 0) is 50.2 Å². The fraction of sp³-hybridized carbons (Fsp3) is 0.526. The number of para-hydroxylation sites is 1. The summed E-state index contributed by atoms with van der Waals surface area (Å²) in [6.07, 6.45) is 2.42. The summed E-state index contributed by atoms with van der Waals surface area (Å²) in [5.41, 5.74) is 2.19. The monoisotopic (exact) mass is 326 g/mol. The Labute approximate surface area is 143 Å². The van der Waals surface area contributed by atoms with Crippen molar-refractivity contribution >= 4 is 5.91 Å². The zero-order valence-electron chi connectivity index (χ0n) is 15.2. The molecule has 1 amide bonds. The van der Waals surface area contributed by atoms with Crippen LogP contribution >= 0.6 is 0 Å². The Morgan fingerprint density at radius 3 is 2.54 bits per heavy atom. The summed E-state index contributed by atoms with van der Waals surface area (Å²) < 4.78 is 1.79. The van der Waals surface area contributed by atoms with Gasteiger partial charge in [0.2, 0.25) is 5.82 Å². The summed E-state index contributed by atoms with van der Waals surface area (Å²) in [4.78, 5) is 18.9. The Morgan fingerprint density at radius 1 is 1.25 bits per heavy atom. The van der Waals surface area contributed by atoms with E-state index in [2.05, 4.69) is 36.9 Å². The van der Waals surface area contributed by atoms with E-state index in [0.29, 0.717) is 11.8 Å². The third kappa shape index (κ3) is 3.07. The molecule has 1 aliphatic carbocycles. The first-order valence-corrected chi connectivity index (χ1v) is 8.70. The van der Waals surface area contributed by atoms with Crippen LogP contribution in [0.2, 0.25) is 0 Å². The van der Waals surface area contributed by atoms with Crippen molar-refractivity contribution in [3.8, 4) is 5.69 Å². The summed E-state index contributed by atoms with van der Waals surface area (Å²) in [7, 11) is 1.85. The molecular weight excluding hydrogens is 300 g/mol. The lowest BCUT2D eigenvalue weighted by Gasteiger charge is -2.23. The second kappa shape index (κ2) is 6.38. The highest BCUT2D eigenvalue weighted by atomic mass is 16.2. The molecule has 0 bridgehead atoms. The molecule has 1 saturated carbocycles. The quantitative estimate of drug-likeness (QED) is 0.844. The van der Waals surface area contributed by atoms with Crippen LogP contribution in [0.25, 0.3) is 5.69 Å². The molecule has 0 saturated heterocycles. The Kier molecular flexibility index (Phi) is 4.43. The Balaban J connectivity index is 1.92. The van der Waals surface area contributed by atoms with Gasteiger partial charge in [0, 0.05) is 13.1 Å². The molecule has 1 atom stereocenters. The number of aromatic nitrogens is 3. The average molecular weight is 326 g/mol. The lowest BCUT2D eigenvalue weighted by molar-refractivity contribution is 0.0715. The van der Waals surface area contributed by atoms with Crippen LogP contribution in [0.4, 0.5) is 0 Å². The van der Waals surface area contributed by atoms with E-state index in [0.717, 1.165) is 11.5 Å². The van der Waals surface area contributed by atoms with E-state index in [1.807, 2.05) is 32.2 Å². The van der Waals surface area contributed by atoms with Gasteiger partial charge in [0.25, 0.3) is 5.91 Å². The third-order valence-corrected chi connectivity index (χ3v) is 4.98. The van der Waals surface area contributed by atoms with Gasteiger partial charge < -0.3 is 4.90 Å². The Bertz CT molecular complexity index is 746. The summed E-state index contributed by atoms with van der Waals surface area (Å²) in [6, 6.07) is 8.40. The van der Waals surface area contributed by atoms with Crippen molar-refractivity contribution in [3.63, 3.8) is 0 Å². The molecule has 1 aromatic heterocycles. The summed E-state index contributed by atoms with van der Waals surface area (Å²) in [6.45, 7) is 8.31. The summed E-state index contributed by atoms with van der Waals surface area (Å²) in [5.74, 6) is 1.92. The minimum atomic E-state index is -0.0988. The Hall–Kier alpha value is -2.17. The topological polar surface area (TPSA) is 51.0 Å². The smallest absolute Gasteiger partial charge is 0.293 e. The zero-order valence-corrected chi connectivity index (χ0v) is 15.2. The standard InChI is InChI=1S/C19H26N4O/c1-12(2)16-8-6-7-9-17(16)23-14(4)20-18(21-23)19(24)22(5)13(3)15-10-11-15/h6-9,12-13,15H,10-11H2,1-5H3/t13-/m1/s1. The van der Waals surface area contributed by atoms with Crippen molar-refractivity contribution < 1.29 is 4.79 Å². The highest BCUT2D eigenvalue weighted by Crippen LogP contribution is 2.35. The van der Waals surface area contributed by atoms with Crippen LogP contribution < -0.4 is 0 Å². The number of aryl methyl sites for hydroxylation is 1. The van der Waals surface area contributed by atoms with Crippen molar-refractivity contribution in [1.29, 1.82) is 0 Å². The van der Waals surface area contributed by atoms with Crippen LogP contribution in [0.5, 0.6) is 0 Å². The van der Waals surface area contributed by atoms with E-state index in [1.54, 1.807) is 9.58 Å². The van der Waals surface area contributed by atoms with Crippen molar-refractivity contribution in [1.82, 2.24) is 19.7 Å². The van der Waals surface area contributed by atoms with Crippen molar-refractivity contribution in [2.24, 2.45) is 5.92 Å². The zero-order chi connectivity index (χ0) is 17.4. The SMILES string of the molecule is Cc1nc(C(=O)N(C)[C@H](C)C2CC2)nn1-c1ccccc1C(C)C. The van der Waals surface area contributed by atoms with Crippen molar-refractivity contribution in [2.45, 2.75) is 52.5 Å². The molecule has 24 heavy (non-hydrogen) atoms. The predicted octanol–water partition coefficient (Wildman–Crippen LogP) is 3.57. The predicted molar refractivity (Wildman–Crippen MR) is 94.5 cm³/mol. The van der Waals surface area contributed by atoms with E-state index in [9.17, 15) is 4.79 Å². The first kappa shape index (κ1) is 16.7. The van der Waals surface area contributed by atoms with Gasteiger partial charge in [0.05, 0.1) is 5.69 Å². The molecule has 0 N–H and O–H groups in total. The maximum atomic E-state index is 12.7. The molecule has 0 spiro atoms. The number of carbonyl (C=O) groups is 1. The van der Waals surface area contributed by atoms with Gasteiger partial charge in [-0.25, -0.2) is 9.67 Å². The molecule has 5 nitrogen and oxygen atoms in total. The number of hydrogen-bond acceptors (Lipinski definition) is 3. The lowest BCUT2D eigenvalue weighted by Crippen LogP contribution is -2.37. The number of amides is 1. The summed E-state index contributed by atoms with van der Waals surface area (Å²) in [5, 5.41) is 4.52. The largest absolute Gasteiger partial charge is 0.336 e. The van der Waals surface area contributed by atoms with Gasteiger partial charge >= 0.3 is 0 Å². The van der Waals surface area contributed by atoms with Gasteiger partial charge in [0.15, 0.2) is 0 Å². The van der Waals surface area contributed by atoms with Crippen LogP contribution in [0.1, 0.15) is 61.5 Å². The maximum absolute atomic E-state index is 12.7. The fourth-order valence-corrected chi connectivity index (χ4v) is 3.12. The van der Waals surface area contributed by atoms with E-state index >= 15 is 0 Å². The minimum absolute atomic E-state index is 0.0988. The van der Waals surface area contributed by atoms with Crippen molar-refractivity contribution in [2.75, 3.05) is 7.05 Å². The van der Waals surface area contributed by atoms with E-state index in [1.165, 1.54) is 18.4 Å². The van der Waals surface area contributed by atoms with E-state index in [4.69, 9.17) is 0 Å². The second-order valence-corrected chi connectivity index (χ2v) is 7.10. The lowest BCUT2D eigenvalue weighted by atomic mass is 10.0. The highest BCUT2D eigenvalue weighted by molar-refractivity contribution is 5.90. The van der Waals surface area contributed by atoms with Crippen molar-refractivity contribution in [3.05, 3.63) is 41.5 Å². The fourth-order valence-electron chi connectivity index (χ4n) is 3.12. The molecule has 1 aliphatic rings. The molecular formula is C19H26N4O. The maximum Gasteiger partial charge on any atom is 0.293 e. The van der Waals surface area contributed by atoms with E-state index < -0.39 is 0 Å². The highest BCUT2D eigenvalue weighted by Gasteiger charge is 2.34. The van der Waals surface area contributed by atoms with Crippen LogP contribution in [-0.2, 0) is 0 Å². The minimum Gasteiger partial charge on any atom is -0.336 e. The van der Waals surface area contributed by atoms with Gasteiger partial charge in [0.1, 0.15) is 5.82 Å². The van der Waals surface area contributed by atoms with Crippen LogP contribution in [-0.4, -0.2) is 38.7 Å². The number of carbonyl (C=O) groups excluding carboxylic acids is 1. The molecule has 3 rings (SSSR count).